The lowest BCUT2D eigenvalue weighted by atomic mass is 9.88. The van der Waals surface area contributed by atoms with Crippen LogP contribution in [0.15, 0.2) is 72.3 Å². The Morgan fingerprint density at radius 1 is 1.08 bits per heavy atom. The minimum atomic E-state index is -4.58. The lowest BCUT2D eigenvalue weighted by Crippen LogP contribution is -2.48. The van der Waals surface area contributed by atoms with Crippen LogP contribution in [0.4, 0.5) is 23.7 Å². The molecule has 1 aromatic heterocycles. The van der Waals surface area contributed by atoms with Gasteiger partial charge in [0, 0.05) is 36.5 Å². The van der Waals surface area contributed by atoms with E-state index in [-0.39, 0.29) is 24.3 Å². The molecule has 0 fully saturated rings. The average Bonchev–Trinajstić information content (AvgIpc) is 3.25. The summed E-state index contributed by atoms with van der Waals surface area (Å²) in [4.78, 5) is 37.5. The number of nitrogens with zero attached hydrogens (tertiary/aromatic N) is 5. The molecule has 1 aliphatic carbocycles. The number of hydrogen-bond donors (Lipinski definition) is 0. The molecular weight excluding hydrogens is 471 g/mol. The number of aromatic nitrogens is 2. The molecular formula is C26H18F3N5O2. The SMILES string of the molecule is CN1C(=O)N(c2cccc(C(F)(F)F)c2)C2=C(C(=O)CC2)C1c1ccc(C#N)cc1-c1ccncn1. The van der Waals surface area contributed by atoms with Gasteiger partial charge in [-0.3, -0.25) is 9.69 Å². The zero-order valence-electron chi connectivity index (χ0n) is 19.0. The van der Waals surface area contributed by atoms with Crippen molar-refractivity contribution in [1.29, 1.82) is 5.26 Å². The molecule has 1 atom stereocenters. The second-order valence-corrected chi connectivity index (χ2v) is 8.47. The molecule has 2 aliphatic rings. The number of carbonyl (C=O) groups excluding carboxylic acids is 2. The van der Waals surface area contributed by atoms with E-state index in [9.17, 15) is 28.0 Å². The molecule has 2 heterocycles. The predicted octanol–water partition coefficient (Wildman–Crippen LogP) is 5.26. The summed E-state index contributed by atoms with van der Waals surface area (Å²) in [6, 6.07) is 11.8. The molecule has 0 saturated heterocycles. The zero-order chi connectivity index (χ0) is 25.6. The Kier molecular flexibility index (Phi) is 5.55. The van der Waals surface area contributed by atoms with Gasteiger partial charge >= 0.3 is 12.2 Å². The summed E-state index contributed by atoms with van der Waals surface area (Å²) in [7, 11) is 1.50. The lowest BCUT2D eigenvalue weighted by Gasteiger charge is -2.41. The second kappa shape index (κ2) is 8.61. The largest absolute Gasteiger partial charge is 0.416 e. The van der Waals surface area contributed by atoms with E-state index in [4.69, 9.17) is 0 Å². The van der Waals surface area contributed by atoms with E-state index >= 15 is 0 Å². The van der Waals surface area contributed by atoms with Gasteiger partial charge in [0.15, 0.2) is 5.78 Å². The first-order valence-electron chi connectivity index (χ1n) is 11.0. The fourth-order valence-corrected chi connectivity index (χ4v) is 4.77. The highest BCUT2D eigenvalue weighted by Crippen LogP contribution is 2.46. The van der Waals surface area contributed by atoms with Gasteiger partial charge < -0.3 is 4.90 Å². The second-order valence-electron chi connectivity index (χ2n) is 8.47. The van der Waals surface area contributed by atoms with Crippen molar-refractivity contribution in [2.45, 2.75) is 25.1 Å². The number of alkyl halides is 3. The van der Waals surface area contributed by atoms with Gasteiger partial charge in [-0.15, -0.1) is 0 Å². The molecule has 3 aromatic rings. The van der Waals surface area contributed by atoms with E-state index in [1.54, 1.807) is 30.5 Å². The fraction of sp³-hybridized carbons (Fsp3) is 0.192. The minimum Gasteiger partial charge on any atom is -0.316 e. The first-order valence-corrected chi connectivity index (χ1v) is 11.0. The zero-order valence-corrected chi connectivity index (χ0v) is 19.0. The highest BCUT2D eigenvalue weighted by molar-refractivity contribution is 6.08. The highest BCUT2D eigenvalue weighted by atomic mass is 19.4. The molecule has 2 aromatic carbocycles. The topological polar surface area (TPSA) is 90.2 Å². The summed E-state index contributed by atoms with van der Waals surface area (Å²) in [5.74, 6) is -0.190. The maximum absolute atomic E-state index is 13.6. The number of rotatable bonds is 3. The summed E-state index contributed by atoms with van der Waals surface area (Å²) >= 11 is 0. The molecule has 2 amide bonds. The van der Waals surface area contributed by atoms with Crippen molar-refractivity contribution in [3.8, 4) is 17.3 Å². The van der Waals surface area contributed by atoms with E-state index in [0.29, 0.717) is 33.7 Å². The highest BCUT2D eigenvalue weighted by Gasteiger charge is 2.45. The maximum atomic E-state index is 13.6. The predicted molar refractivity (Wildman–Crippen MR) is 123 cm³/mol. The van der Waals surface area contributed by atoms with Crippen molar-refractivity contribution in [3.63, 3.8) is 0 Å². The Morgan fingerprint density at radius 2 is 1.89 bits per heavy atom. The number of benzene rings is 2. The van der Waals surface area contributed by atoms with Crippen molar-refractivity contribution in [2.24, 2.45) is 0 Å². The monoisotopic (exact) mass is 489 g/mol. The number of allylic oxidation sites excluding steroid dienone is 1. The van der Waals surface area contributed by atoms with Gasteiger partial charge in [0.25, 0.3) is 0 Å². The van der Waals surface area contributed by atoms with Crippen molar-refractivity contribution in [3.05, 3.63) is 89.0 Å². The average molecular weight is 489 g/mol. The van der Waals surface area contributed by atoms with E-state index in [1.807, 2.05) is 0 Å². The number of urea groups is 1. The van der Waals surface area contributed by atoms with E-state index in [1.165, 1.54) is 35.3 Å². The number of likely N-dealkylation sites (N-methyl/N-ethyl adjacent to an activating group) is 1. The first kappa shape index (κ1) is 23.2. The lowest BCUT2D eigenvalue weighted by molar-refractivity contribution is -0.137. The molecule has 0 bridgehead atoms. The van der Waals surface area contributed by atoms with Crippen LogP contribution in [0.3, 0.4) is 0 Å². The van der Waals surface area contributed by atoms with Crippen LogP contribution in [-0.4, -0.2) is 33.7 Å². The number of Topliss-reactive ketones (excluding diaryl/α,β-unsaturated/α-hetero) is 1. The smallest absolute Gasteiger partial charge is 0.316 e. The number of anilines is 1. The number of amides is 2. The van der Waals surface area contributed by atoms with Crippen molar-refractivity contribution >= 4 is 17.5 Å². The Hall–Kier alpha value is -4.52. The summed E-state index contributed by atoms with van der Waals surface area (Å²) in [5, 5.41) is 9.44. The van der Waals surface area contributed by atoms with Crippen LogP contribution in [-0.2, 0) is 11.0 Å². The number of ketones is 1. The molecule has 0 N–H and O–H groups in total. The molecule has 1 aliphatic heterocycles. The summed E-state index contributed by atoms with van der Waals surface area (Å²) < 4.78 is 40.1. The molecule has 1 unspecified atom stereocenters. The molecule has 0 radical (unpaired) electrons. The van der Waals surface area contributed by atoms with Gasteiger partial charge in [-0.1, -0.05) is 12.1 Å². The van der Waals surface area contributed by atoms with Crippen molar-refractivity contribution in [2.75, 3.05) is 11.9 Å². The molecule has 180 valence electrons. The number of nitriles is 1. The summed E-state index contributed by atoms with van der Waals surface area (Å²) in [6.45, 7) is 0. The Labute approximate surface area is 204 Å². The van der Waals surface area contributed by atoms with Gasteiger partial charge in [0.2, 0.25) is 0 Å². The van der Waals surface area contributed by atoms with Crippen molar-refractivity contribution in [1.82, 2.24) is 14.9 Å². The van der Waals surface area contributed by atoms with Crippen LogP contribution in [0.2, 0.25) is 0 Å². The van der Waals surface area contributed by atoms with E-state index < -0.39 is 23.8 Å². The third-order valence-corrected chi connectivity index (χ3v) is 6.39. The number of halogens is 3. The Morgan fingerprint density at radius 3 is 2.58 bits per heavy atom. The fourth-order valence-electron chi connectivity index (χ4n) is 4.77. The minimum absolute atomic E-state index is 0.0400. The molecule has 36 heavy (non-hydrogen) atoms. The van der Waals surface area contributed by atoms with Gasteiger partial charge in [-0.05, 0) is 48.4 Å². The van der Waals surface area contributed by atoms with E-state index in [0.717, 1.165) is 12.1 Å². The molecule has 10 heteroatoms. The Bertz CT molecular complexity index is 1460. The van der Waals surface area contributed by atoms with Crippen LogP contribution in [0, 0.1) is 11.3 Å². The third kappa shape index (κ3) is 3.79. The van der Waals surface area contributed by atoms with Crippen LogP contribution >= 0.6 is 0 Å². The van der Waals surface area contributed by atoms with Gasteiger partial charge in [0.1, 0.15) is 6.33 Å². The molecule has 5 rings (SSSR count). The molecule has 7 nitrogen and oxygen atoms in total. The van der Waals surface area contributed by atoms with Gasteiger partial charge in [0.05, 0.1) is 34.6 Å². The van der Waals surface area contributed by atoms with Gasteiger partial charge in [-0.25, -0.2) is 14.8 Å². The first-order chi connectivity index (χ1) is 17.2. The third-order valence-electron chi connectivity index (χ3n) is 6.39. The quantitative estimate of drug-likeness (QED) is 0.500. The summed E-state index contributed by atoms with van der Waals surface area (Å²) in [5.41, 5.74) is 1.89. The van der Waals surface area contributed by atoms with Crippen LogP contribution < -0.4 is 4.90 Å². The van der Waals surface area contributed by atoms with Crippen LogP contribution in [0.25, 0.3) is 11.3 Å². The van der Waals surface area contributed by atoms with Gasteiger partial charge in [-0.2, -0.15) is 18.4 Å². The van der Waals surface area contributed by atoms with Crippen LogP contribution in [0.1, 0.15) is 35.6 Å². The normalized spacial score (nSPS) is 17.9. The van der Waals surface area contributed by atoms with E-state index in [2.05, 4.69) is 16.0 Å². The van der Waals surface area contributed by atoms with Crippen LogP contribution in [0.5, 0.6) is 0 Å². The Balaban J connectivity index is 1.70. The number of carbonyl (C=O) groups is 2. The summed E-state index contributed by atoms with van der Waals surface area (Å²) in [6.07, 6.45) is -1.33. The molecule has 0 saturated carbocycles. The standard InChI is InChI=1S/C26H18F3N5O2/c1-33-24(18-6-5-15(13-30)11-19(18)20-9-10-31-14-32-20)23-21(7-8-22(23)35)34(25(33)36)17-4-2-3-16(12-17)26(27,28)29/h2-6,9-12,14,24H,7-8H2,1H3. The maximum Gasteiger partial charge on any atom is 0.416 e. The van der Waals surface area contributed by atoms with Crippen molar-refractivity contribution < 1.29 is 22.8 Å². The molecule has 0 spiro atoms. The number of hydrogen-bond acceptors (Lipinski definition) is 5.